The van der Waals surface area contributed by atoms with Crippen molar-refractivity contribution in [1.29, 1.82) is 10.5 Å². The topological polar surface area (TPSA) is 60.1 Å². The third kappa shape index (κ3) is 6.68. The molecule has 0 bridgehead atoms. The number of rotatable bonds is 4. The minimum absolute atomic E-state index is 0.630. The molecule has 4 nitrogen and oxygen atoms in total. The molecule has 0 radical (unpaired) electrons. The quantitative estimate of drug-likeness (QED) is 0.775. The highest BCUT2D eigenvalue weighted by atomic mass is 16.5. The molecule has 1 aliphatic rings. The Balaban J connectivity index is 0.000000272. The van der Waals surface area contributed by atoms with Gasteiger partial charge in [0.15, 0.2) is 5.92 Å². The van der Waals surface area contributed by atoms with E-state index in [-0.39, 0.29) is 0 Å². The van der Waals surface area contributed by atoms with E-state index in [0.29, 0.717) is 6.42 Å². The third-order valence-electron chi connectivity index (χ3n) is 3.06. The summed E-state index contributed by atoms with van der Waals surface area (Å²) in [5.41, 5.74) is 2.06. The van der Waals surface area contributed by atoms with Crippen LogP contribution in [0.25, 0.3) is 0 Å². The molecule has 0 unspecified atom stereocenters. The van der Waals surface area contributed by atoms with Crippen LogP contribution in [0.2, 0.25) is 0 Å². The molecule has 0 saturated carbocycles. The zero-order chi connectivity index (χ0) is 17.8. The molecule has 1 aromatic rings. The second-order valence-electron chi connectivity index (χ2n) is 5.16. The SMILES string of the molecule is C=CCC1=CC(=CC(C#N)C#N)C=CO1.CN(C)c1ccccc1. The van der Waals surface area contributed by atoms with Crippen LogP contribution in [0, 0.1) is 28.6 Å². The number of ether oxygens (including phenoxy) is 1. The molecule has 0 saturated heterocycles. The zero-order valence-corrected chi connectivity index (χ0v) is 14.0. The Hall–Kier alpha value is -3.24. The molecule has 4 heteroatoms. The molecule has 1 aromatic carbocycles. The Morgan fingerprint density at radius 1 is 1.21 bits per heavy atom. The summed E-state index contributed by atoms with van der Waals surface area (Å²) in [4.78, 5) is 2.08. The molecule has 0 N–H and O–H groups in total. The first-order valence-electron chi connectivity index (χ1n) is 7.48. The van der Waals surface area contributed by atoms with Crippen molar-refractivity contribution in [3.05, 3.63) is 78.8 Å². The van der Waals surface area contributed by atoms with Gasteiger partial charge >= 0.3 is 0 Å². The molecule has 0 amide bonds. The van der Waals surface area contributed by atoms with Gasteiger partial charge in [-0.3, -0.25) is 0 Å². The molecule has 122 valence electrons. The van der Waals surface area contributed by atoms with E-state index in [9.17, 15) is 0 Å². The van der Waals surface area contributed by atoms with Gasteiger partial charge in [0.05, 0.1) is 18.4 Å². The zero-order valence-electron chi connectivity index (χ0n) is 14.0. The van der Waals surface area contributed by atoms with E-state index in [2.05, 4.69) is 23.6 Å². The van der Waals surface area contributed by atoms with Crippen LogP contribution in [0.4, 0.5) is 5.69 Å². The second-order valence-corrected chi connectivity index (χ2v) is 5.16. The Morgan fingerprint density at radius 2 is 1.88 bits per heavy atom. The van der Waals surface area contributed by atoms with Crippen LogP contribution in [0.1, 0.15) is 6.42 Å². The molecule has 0 aromatic heterocycles. The van der Waals surface area contributed by atoms with E-state index in [4.69, 9.17) is 15.3 Å². The van der Waals surface area contributed by atoms with Gasteiger partial charge in [0.1, 0.15) is 5.76 Å². The van der Waals surface area contributed by atoms with E-state index in [0.717, 1.165) is 11.3 Å². The fraction of sp³-hybridized carbons (Fsp3) is 0.200. The second kappa shape index (κ2) is 10.5. The summed E-state index contributed by atoms with van der Waals surface area (Å²) in [6.45, 7) is 3.60. The molecular weight excluding hydrogens is 298 g/mol. The van der Waals surface area contributed by atoms with E-state index in [1.54, 1.807) is 24.3 Å². The van der Waals surface area contributed by atoms with Crippen molar-refractivity contribution in [3.8, 4) is 12.1 Å². The smallest absolute Gasteiger partial charge is 0.152 e. The van der Waals surface area contributed by atoms with Crippen LogP contribution >= 0.6 is 0 Å². The van der Waals surface area contributed by atoms with Crippen molar-refractivity contribution in [3.63, 3.8) is 0 Å². The molecule has 1 heterocycles. The number of anilines is 1. The maximum atomic E-state index is 8.62. The van der Waals surface area contributed by atoms with Gasteiger partial charge in [-0.2, -0.15) is 10.5 Å². The number of para-hydroxylation sites is 1. The highest BCUT2D eigenvalue weighted by Crippen LogP contribution is 2.17. The van der Waals surface area contributed by atoms with Crippen molar-refractivity contribution < 1.29 is 4.74 Å². The first-order chi connectivity index (χ1) is 11.6. The van der Waals surface area contributed by atoms with E-state index in [1.807, 2.05) is 44.4 Å². The average molecular weight is 319 g/mol. The first kappa shape index (κ1) is 18.8. The van der Waals surface area contributed by atoms with Gasteiger partial charge in [0.25, 0.3) is 0 Å². The predicted molar refractivity (Wildman–Crippen MR) is 96.7 cm³/mol. The lowest BCUT2D eigenvalue weighted by atomic mass is 10.1. The van der Waals surface area contributed by atoms with Gasteiger partial charge in [-0.1, -0.05) is 24.3 Å². The van der Waals surface area contributed by atoms with Crippen LogP contribution in [0.15, 0.2) is 78.8 Å². The summed E-state index contributed by atoms with van der Waals surface area (Å²) in [6.07, 6.45) is 9.01. The van der Waals surface area contributed by atoms with Crippen LogP contribution in [0.5, 0.6) is 0 Å². The summed E-state index contributed by atoms with van der Waals surface area (Å²) in [7, 11) is 4.07. The van der Waals surface area contributed by atoms with E-state index < -0.39 is 5.92 Å². The van der Waals surface area contributed by atoms with Gasteiger partial charge < -0.3 is 9.64 Å². The predicted octanol–water partition coefficient (Wildman–Crippen LogP) is 4.33. The number of nitrogens with zero attached hydrogens (tertiary/aromatic N) is 3. The van der Waals surface area contributed by atoms with Gasteiger partial charge in [-0.05, 0) is 35.9 Å². The Kier molecular flexibility index (Phi) is 8.21. The number of hydrogen-bond donors (Lipinski definition) is 0. The highest BCUT2D eigenvalue weighted by molar-refractivity contribution is 5.43. The Morgan fingerprint density at radius 3 is 2.38 bits per heavy atom. The molecule has 0 fully saturated rings. The Bertz CT molecular complexity index is 683. The molecule has 2 rings (SSSR count). The van der Waals surface area contributed by atoms with E-state index in [1.165, 1.54) is 11.9 Å². The molecular formula is C20H21N3O. The van der Waals surface area contributed by atoms with Crippen LogP contribution in [0.3, 0.4) is 0 Å². The molecule has 24 heavy (non-hydrogen) atoms. The average Bonchev–Trinajstić information content (AvgIpc) is 2.61. The summed E-state index contributed by atoms with van der Waals surface area (Å²) in [6, 6.07) is 14.0. The summed E-state index contributed by atoms with van der Waals surface area (Å²) in [5, 5.41) is 17.2. The normalized spacial score (nSPS) is 13.7. The number of allylic oxidation sites excluding steroid dienone is 5. The fourth-order valence-electron chi connectivity index (χ4n) is 1.84. The number of hydrogen-bond acceptors (Lipinski definition) is 4. The van der Waals surface area contributed by atoms with Crippen LogP contribution in [-0.2, 0) is 4.74 Å². The number of benzene rings is 1. The fourth-order valence-corrected chi connectivity index (χ4v) is 1.84. The molecule has 0 spiro atoms. The lowest BCUT2D eigenvalue weighted by Crippen LogP contribution is -2.07. The van der Waals surface area contributed by atoms with Crippen molar-refractivity contribution in [2.75, 3.05) is 19.0 Å². The maximum Gasteiger partial charge on any atom is 0.152 e. The standard InChI is InChI=1S/C12H10N2O.C8H11N/c1-2-3-12-7-10(4-5-15-12)6-11(8-13)9-14;1-9(2)8-6-4-3-5-7-8/h2,4-7,11H,1,3H2;3-7H,1-2H3. The monoisotopic (exact) mass is 319 g/mol. The lowest BCUT2D eigenvalue weighted by molar-refractivity contribution is 0.338. The highest BCUT2D eigenvalue weighted by Gasteiger charge is 2.05. The lowest BCUT2D eigenvalue weighted by Gasteiger charge is -2.10. The van der Waals surface area contributed by atoms with Crippen molar-refractivity contribution in [1.82, 2.24) is 0 Å². The summed E-state index contributed by atoms with van der Waals surface area (Å²) < 4.78 is 5.20. The molecule has 0 atom stereocenters. The van der Waals surface area contributed by atoms with Gasteiger partial charge in [-0.25, -0.2) is 0 Å². The molecule has 1 aliphatic heterocycles. The third-order valence-corrected chi connectivity index (χ3v) is 3.06. The number of nitriles is 2. The van der Waals surface area contributed by atoms with Crippen LogP contribution in [-0.4, -0.2) is 14.1 Å². The first-order valence-corrected chi connectivity index (χ1v) is 7.48. The van der Waals surface area contributed by atoms with Crippen LogP contribution < -0.4 is 4.90 Å². The largest absolute Gasteiger partial charge is 0.469 e. The van der Waals surface area contributed by atoms with E-state index >= 15 is 0 Å². The minimum Gasteiger partial charge on any atom is -0.469 e. The molecule has 0 aliphatic carbocycles. The van der Waals surface area contributed by atoms with Gasteiger partial charge in [0, 0.05) is 26.2 Å². The summed E-state index contributed by atoms with van der Waals surface area (Å²) >= 11 is 0. The summed E-state index contributed by atoms with van der Waals surface area (Å²) in [5.74, 6) is 0.0392. The van der Waals surface area contributed by atoms with Crippen molar-refractivity contribution in [2.24, 2.45) is 5.92 Å². The Labute approximate surface area is 143 Å². The van der Waals surface area contributed by atoms with Crippen molar-refractivity contribution in [2.45, 2.75) is 6.42 Å². The van der Waals surface area contributed by atoms with Gasteiger partial charge in [0.2, 0.25) is 0 Å². The minimum atomic E-state index is -0.719. The van der Waals surface area contributed by atoms with Gasteiger partial charge in [-0.15, -0.1) is 6.58 Å². The van der Waals surface area contributed by atoms with Crippen molar-refractivity contribution >= 4 is 5.69 Å². The maximum absolute atomic E-state index is 8.62.